The van der Waals surface area contributed by atoms with Crippen LogP contribution in [0, 0.1) is 0 Å². The summed E-state index contributed by atoms with van der Waals surface area (Å²) in [7, 11) is 1.86. The number of nitrogens with one attached hydrogen (secondary N) is 2. The first-order valence-corrected chi connectivity index (χ1v) is 9.11. The van der Waals surface area contributed by atoms with Gasteiger partial charge in [0.05, 0.1) is 5.69 Å². The first-order valence-electron chi connectivity index (χ1n) is 8.73. The summed E-state index contributed by atoms with van der Waals surface area (Å²) in [5.41, 5.74) is 3.81. The Morgan fingerprint density at radius 1 is 1.32 bits per heavy atom. The van der Waals surface area contributed by atoms with Crippen LogP contribution < -0.4 is 10.6 Å². The molecule has 1 aromatic heterocycles. The van der Waals surface area contributed by atoms with Gasteiger partial charge in [-0.1, -0.05) is 44.5 Å². The Hall–Kier alpha value is -1.85. The number of rotatable bonds is 8. The van der Waals surface area contributed by atoms with Gasteiger partial charge in [0.25, 0.3) is 5.91 Å². The fourth-order valence-corrected chi connectivity index (χ4v) is 2.89. The minimum atomic E-state index is -0.0268. The number of nitrogens with zero attached hydrogens (tertiary/aromatic N) is 2. The fraction of sp³-hybridized carbons (Fsp3) is 0.474. The maximum Gasteiger partial charge on any atom is 0.251 e. The zero-order valence-electron chi connectivity index (χ0n) is 15.4. The lowest BCUT2D eigenvalue weighted by atomic mass is 10.1. The van der Waals surface area contributed by atoms with Gasteiger partial charge in [-0.2, -0.15) is 5.10 Å². The van der Waals surface area contributed by atoms with Crippen LogP contribution in [0.4, 0.5) is 0 Å². The lowest BCUT2D eigenvalue weighted by Crippen LogP contribution is -2.24. The highest BCUT2D eigenvalue weighted by Crippen LogP contribution is 2.25. The lowest BCUT2D eigenvalue weighted by molar-refractivity contribution is 0.0953. The third-order valence-corrected chi connectivity index (χ3v) is 4.48. The van der Waals surface area contributed by atoms with Crippen molar-refractivity contribution in [3.05, 3.63) is 51.8 Å². The van der Waals surface area contributed by atoms with Gasteiger partial charge < -0.3 is 10.6 Å². The molecule has 0 saturated carbocycles. The van der Waals surface area contributed by atoms with E-state index in [9.17, 15) is 4.79 Å². The van der Waals surface area contributed by atoms with E-state index in [1.807, 2.05) is 38.2 Å². The summed E-state index contributed by atoms with van der Waals surface area (Å²) in [6.45, 7) is 8.26. The lowest BCUT2D eigenvalue weighted by Gasteiger charge is -2.09. The van der Waals surface area contributed by atoms with Gasteiger partial charge in [0.2, 0.25) is 0 Å². The molecular formula is C19H27ClN4O. The zero-order chi connectivity index (χ0) is 18.4. The average molecular weight is 363 g/mol. The highest BCUT2D eigenvalue weighted by Gasteiger charge is 2.16. The predicted molar refractivity (Wildman–Crippen MR) is 102 cm³/mol. The number of carbonyl (C=O) groups excluding carboxylic acids is 1. The van der Waals surface area contributed by atoms with Crippen molar-refractivity contribution in [1.82, 2.24) is 20.4 Å². The summed E-state index contributed by atoms with van der Waals surface area (Å²) in [4.78, 5) is 12.1. The second-order valence-corrected chi connectivity index (χ2v) is 6.85. The number of aromatic nitrogens is 2. The van der Waals surface area contributed by atoms with Gasteiger partial charge >= 0.3 is 0 Å². The molecule has 5 nitrogen and oxygen atoms in total. The summed E-state index contributed by atoms with van der Waals surface area (Å²) < 4.78 is 1.71. The zero-order valence-corrected chi connectivity index (χ0v) is 16.2. The van der Waals surface area contributed by atoms with Gasteiger partial charge in [0.1, 0.15) is 5.15 Å². The second-order valence-electron chi connectivity index (χ2n) is 6.49. The molecule has 2 N–H and O–H groups in total. The van der Waals surface area contributed by atoms with E-state index >= 15 is 0 Å². The number of halogens is 1. The Morgan fingerprint density at radius 2 is 2.08 bits per heavy atom. The summed E-state index contributed by atoms with van der Waals surface area (Å²) in [6, 6.07) is 7.68. The normalized spacial score (nSPS) is 11.1. The van der Waals surface area contributed by atoms with Crippen molar-refractivity contribution in [2.75, 3.05) is 6.54 Å². The summed E-state index contributed by atoms with van der Waals surface area (Å²) >= 11 is 6.36. The van der Waals surface area contributed by atoms with Gasteiger partial charge in [-0.15, -0.1) is 0 Å². The predicted octanol–water partition coefficient (Wildman–Crippen LogP) is 3.63. The molecule has 25 heavy (non-hydrogen) atoms. The molecular weight excluding hydrogens is 336 g/mol. The van der Waals surface area contributed by atoms with E-state index in [-0.39, 0.29) is 5.91 Å². The molecule has 0 fully saturated rings. The van der Waals surface area contributed by atoms with Crippen molar-refractivity contribution in [2.45, 2.75) is 46.2 Å². The maximum atomic E-state index is 12.1. The molecule has 0 atom stereocenters. The third-order valence-electron chi connectivity index (χ3n) is 4.00. The number of amides is 1. The Kier molecular flexibility index (Phi) is 7.02. The Morgan fingerprint density at radius 3 is 2.76 bits per heavy atom. The van der Waals surface area contributed by atoms with Crippen molar-refractivity contribution in [3.63, 3.8) is 0 Å². The minimum absolute atomic E-state index is 0.0268. The first-order chi connectivity index (χ1) is 11.9. The summed E-state index contributed by atoms with van der Waals surface area (Å²) in [5, 5.41) is 11.5. The number of hydrogen-bond acceptors (Lipinski definition) is 3. The molecule has 0 aliphatic rings. The number of hydrogen-bond donors (Lipinski definition) is 2. The molecule has 1 aromatic carbocycles. The molecule has 0 aliphatic carbocycles. The van der Waals surface area contributed by atoms with Crippen molar-refractivity contribution in [1.29, 1.82) is 0 Å². The van der Waals surface area contributed by atoms with Gasteiger partial charge in [-0.25, -0.2) is 0 Å². The first kappa shape index (κ1) is 19.5. The largest absolute Gasteiger partial charge is 0.352 e. The van der Waals surface area contributed by atoms with Crippen molar-refractivity contribution in [2.24, 2.45) is 7.05 Å². The quantitative estimate of drug-likeness (QED) is 0.753. The summed E-state index contributed by atoms with van der Waals surface area (Å²) in [5.74, 6) is 0.294. The van der Waals surface area contributed by atoms with Crippen molar-refractivity contribution in [3.8, 4) is 0 Å². The van der Waals surface area contributed by atoms with Gasteiger partial charge in [0.15, 0.2) is 0 Å². The monoisotopic (exact) mass is 362 g/mol. The number of benzene rings is 1. The highest BCUT2D eigenvalue weighted by atomic mass is 35.5. The number of carbonyl (C=O) groups is 1. The molecule has 2 rings (SSSR count). The van der Waals surface area contributed by atoms with E-state index in [0.29, 0.717) is 36.3 Å². The van der Waals surface area contributed by atoms with Crippen LogP contribution in [0.2, 0.25) is 5.15 Å². The van der Waals surface area contributed by atoms with E-state index < -0.39 is 0 Å². The standard InChI is InChI=1S/C19H27ClN4O/c1-5-9-22-19(25)15-8-6-7-14(10-15)11-21-12-16-17(13(2)3)23-24(4)18(16)20/h6-8,10,13,21H,5,9,11-12H2,1-4H3,(H,22,25). The second kappa shape index (κ2) is 9.02. The molecule has 0 saturated heterocycles. The molecule has 0 unspecified atom stereocenters. The average Bonchev–Trinajstić information content (AvgIpc) is 2.88. The van der Waals surface area contributed by atoms with Crippen LogP contribution in [-0.2, 0) is 20.1 Å². The smallest absolute Gasteiger partial charge is 0.251 e. The molecule has 1 heterocycles. The van der Waals surface area contributed by atoms with Gasteiger partial charge in [-0.05, 0) is 30.0 Å². The Labute approximate surface area is 154 Å². The van der Waals surface area contributed by atoms with Crippen LogP contribution in [0.15, 0.2) is 24.3 Å². The van der Waals surface area contributed by atoms with Crippen molar-refractivity contribution >= 4 is 17.5 Å². The molecule has 1 amide bonds. The molecule has 0 spiro atoms. The van der Waals surface area contributed by atoms with Crippen LogP contribution in [0.25, 0.3) is 0 Å². The van der Waals surface area contributed by atoms with Crippen LogP contribution in [0.5, 0.6) is 0 Å². The Bertz CT molecular complexity index is 724. The maximum absolute atomic E-state index is 12.1. The van der Waals surface area contributed by atoms with Gasteiger partial charge in [-0.3, -0.25) is 9.48 Å². The van der Waals surface area contributed by atoms with Crippen molar-refractivity contribution < 1.29 is 4.79 Å². The van der Waals surface area contributed by atoms with Crippen LogP contribution in [-0.4, -0.2) is 22.2 Å². The third kappa shape index (κ3) is 5.06. The number of aryl methyl sites for hydroxylation is 1. The van der Waals surface area contributed by atoms with E-state index in [0.717, 1.165) is 23.2 Å². The Balaban J connectivity index is 2.00. The summed E-state index contributed by atoms with van der Waals surface area (Å²) in [6.07, 6.45) is 0.928. The van der Waals surface area contributed by atoms with Crippen LogP contribution >= 0.6 is 11.6 Å². The van der Waals surface area contributed by atoms with E-state index in [4.69, 9.17) is 11.6 Å². The van der Waals surface area contributed by atoms with Crippen LogP contribution in [0.3, 0.4) is 0 Å². The molecule has 6 heteroatoms. The molecule has 2 aromatic rings. The minimum Gasteiger partial charge on any atom is -0.352 e. The topological polar surface area (TPSA) is 59.0 Å². The molecule has 0 bridgehead atoms. The molecule has 136 valence electrons. The molecule has 0 radical (unpaired) electrons. The van der Waals surface area contributed by atoms with E-state index in [2.05, 4.69) is 29.6 Å². The highest BCUT2D eigenvalue weighted by molar-refractivity contribution is 6.30. The SMILES string of the molecule is CCCNC(=O)c1cccc(CNCc2c(C(C)C)nn(C)c2Cl)c1. The van der Waals surface area contributed by atoms with Crippen LogP contribution in [0.1, 0.15) is 60.3 Å². The molecule has 0 aliphatic heterocycles. The van der Waals surface area contributed by atoms with E-state index in [1.165, 1.54) is 0 Å². The van der Waals surface area contributed by atoms with Gasteiger partial charge in [0, 0.05) is 37.8 Å². The fourth-order valence-electron chi connectivity index (χ4n) is 2.69. The van der Waals surface area contributed by atoms with E-state index in [1.54, 1.807) is 4.68 Å².